The SMILES string of the molecule is c1csc(-c2nnc(COc3cccc4ccccc34)o2)c1. The van der Waals surface area contributed by atoms with Gasteiger partial charge in [-0.2, -0.15) is 0 Å². The first-order chi connectivity index (χ1) is 10.9. The fourth-order valence-corrected chi connectivity index (χ4v) is 2.92. The van der Waals surface area contributed by atoms with Gasteiger partial charge in [0, 0.05) is 5.39 Å². The van der Waals surface area contributed by atoms with Crippen LogP contribution in [0.3, 0.4) is 0 Å². The van der Waals surface area contributed by atoms with E-state index in [1.165, 1.54) is 0 Å². The number of rotatable bonds is 4. The molecule has 0 aliphatic rings. The van der Waals surface area contributed by atoms with E-state index >= 15 is 0 Å². The number of thiophene rings is 1. The molecule has 4 aromatic rings. The predicted octanol–water partition coefficient (Wildman–Crippen LogP) is 4.53. The zero-order chi connectivity index (χ0) is 14.8. The smallest absolute Gasteiger partial charge is 0.257 e. The average Bonchev–Trinajstić information content (AvgIpc) is 3.24. The Morgan fingerprint density at radius 3 is 2.77 bits per heavy atom. The highest BCUT2D eigenvalue weighted by Gasteiger charge is 2.10. The molecule has 2 heterocycles. The second-order valence-corrected chi connectivity index (χ2v) is 5.69. The van der Waals surface area contributed by atoms with Crippen LogP contribution in [0.2, 0.25) is 0 Å². The van der Waals surface area contributed by atoms with Gasteiger partial charge in [-0.1, -0.05) is 42.5 Å². The van der Waals surface area contributed by atoms with Crippen LogP contribution in [0.25, 0.3) is 21.5 Å². The minimum absolute atomic E-state index is 0.256. The van der Waals surface area contributed by atoms with Gasteiger partial charge in [0.1, 0.15) is 5.75 Å². The summed E-state index contributed by atoms with van der Waals surface area (Å²) < 4.78 is 11.5. The molecule has 0 saturated carbocycles. The van der Waals surface area contributed by atoms with Crippen molar-refractivity contribution in [3.05, 3.63) is 65.9 Å². The van der Waals surface area contributed by atoms with E-state index in [0.717, 1.165) is 21.4 Å². The second kappa shape index (κ2) is 5.61. The molecule has 0 aliphatic heterocycles. The van der Waals surface area contributed by atoms with Crippen LogP contribution in [0.5, 0.6) is 5.75 Å². The lowest BCUT2D eigenvalue weighted by molar-refractivity contribution is 0.267. The zero-order valence-corrected chi connectivity index (χ0v) is 12.4. The summed E-state index contributed by atoms with van der Waals surface area (Å²) >= 11 is 1.57. The van der Waals surface area contributed by atoms with E-state index in [9.17, 15) is 0 Å². The molecule has 0 N–H and O–H groups in total. The van der Waals surface area contributed by atoms with Crippen LogP contribution in [0.1, 0.15) is 5.89 Å². The molecule has 0 radical (unpaired) electrons. The van der Waals surface area contributed by atoms with Crippen molar-refractivity contribution in [1.29, 1.82) is 0 Å². The Hall–Kier alpha value is -2.66. The summed E-state index contributed by atoms with van der Waals surface area (Å²) in [5, 5.41) is 12.3. The molecule has 0 bridgehead atoms. The molecule has 5 heteroatoms. The van der Waals surface area contributed by atoms with Crippen LogP contribution >= 0.6 is 11.3 Å². The van der Waals surface area contributed by atoms with E-state index in [4.69, 9.17) is 9.15 Å². The highest BCUT2D eigenvalue weighted by molar-refractivity contribution is 7.13. The third kappa shape index (κ3) is 2.46. The van der Waals surface area contributed by atoms with Crippen molar-refractivity contribution < 1.29 is 9.15 Å². The summed E-state index contributed by atoms with van der Waals surface area (Å²) in [5.41, 5.74) is 0. The van der Waals surface area contributed by atoms with Crippen LogP contribution in [0, 0.1) is 0 Å². The summed E-state index contributed by atoms with van der Waals surface area (Å²) in [4.78, 5) is 0.962. The number of benzene rings is 2. The van der Waals surface area contributed by atoms with Crippen molar-refractivity contribution in [2.75, 3.05) is 0 Å². The highest BCUT2D eigenvalue weighted by atomic mass is 32.1. The Morgan fingerprint density at radius 2 is 1.86 bits per heavy atom. The minimum atomic E-state index is 0.256. The number of aromatic nitrogens is 2. The number of hydrogen-bond donors (Lipinski definition) is 0. The van der Waals surface area contributed by atoms with Gasteiger partial charge in [-0.15, -0.1) is 21.5 Å². The van der Waals surface area contributed by atoms with Gasteiger partial charge in [0.25, 0.3) is 11.8 Å². The fourth-order valence-electron chi connectivity index (χ4n) is 2.27. The van der Waals surface area contributed by atoms with Crippen LogP contribution in [0.4, 0.5) is 0 Å². The van der Waals surface area contributed by atoms with Gasteiger partial charge in [-0.3, -0.25) is 0 Å². The summed E-state index contributed by atoms with van der Waals surface area (Å²) in [6.45, 7) is 0.256. The Labute approximate surface area is 131 Å². The van der Waals surface area contributed by atoms with Gasteiger partial charge in [0.2, 0.25) is 0 Å². The monoisotopic (exact) mass is 308 g/mol. The van der Waals surface area contributed by atoms with Crippen LogP contribution in [-0.4, -0.2) is 10.2 Å². The third-order valence-corrected chi connectivity index (χ3v) is 4.16. The zero-order valence-electron chi connectivity index (χ0n) is 11.6. The third-order valence-electron chi connectivity index (χ3n) is 3.30. The van der Waals surface area contributed by atoms with Crippen molar-refractivity contribution in [1.82, 2.24) is 10.2 Å². The van der Waals surface area contributed by atoms with Gasteiger partial charge in [0.05, 0.1) is 4.88 Å². The van der Waals surface area contributed by atoms with Crippen LogP contribution < -0.4 is 4.74 Å². The maximum Gasteiger partial charge on any atom is 0.257 e. The Kier molecular flexibility index (Phi) is 3.33. The standard InChI is InChI=1S/C17H12N2O2S/c1-2-7-13-12(5-1)6-3-8-14(13)20-11-16-18-19-17(21-16)15-9-4-10-22-15/h1-10H,11H2. The van der Waals surface area contributed by atoms with Crippen LogP contribution in [0.15, 0.2) is 64.4 Å². The highest BCUT2D eigenvalue weighted by Crippen LogP contribution is 2.27. The van der Waals surface area contributed by atoms with Gasteiger partial charge in [-0.05, 0) is 22.9 Å². The molecule has 0 saturated heterocycles. The Bertz CT molecular complexity index is 895. The molecule has 4 rings (SSSR count). The first kappa shape index (κ1) is 13.0. The topological polar surface area (TPSA) is 48.2 Å². The maximum atomic E-state index is 5.84. The normalized spacial score (nSPS) is 10.9. The molecule has 0 unspecified atom stereocenters. The summed E-state index contributed by atoms with van der Waals surface area (Å²) in [7, 11) is 0. The van der Waals surface area contributed by atoms with Gasteiger partial charge in [0.15, 0.2) is 6.61 Å². The predicted molar refractivity (Wildman–Crippen MR) is 85.9 cm³/mol. The lowest BCUT2D eigenvalue weighted by atomic mass is 10.1. The lowest BCUT2D eigenvalue weighted by Gasteiger charge is -2.07. The Balaban J connectivity index is 1.55. The van der Waals surface area contributed by atoms with Gasteiger partial charge in [-0.25, -0.2) is 0 Å². The molecule has 108 valence electrons. The van der Waals surface area contributed by atoms with Crippen molar-refractivity contribution >= 4 is 22.1 Å². The number of hydrogen-bond acceptors (Lipinski definition) is 5. The Morgan fingerprint density at radius 1 is 0.955 bits per heavy atom. The molecule has 22 heavy (non-hydrogen) atoms. The number of fused-ring (bicyclic) bond motifs is 1. The molecule has 0 atom stereocenters. The number of ether oxygens (including phenoxy) is 1. The van der Waals surface area contributed by atoms with Crippen molar-refractivity contribution in [3.8, 4) is 16.5 Å². The fraction of sp³-hybridized carbons (Fsp3) is 0.0588. The largest absolute Gasteiger partial charge is 0.483 e. The van der Waals surface area contributed by atoms with E-state index in [-0.39, 0.29) is 6.61 Å². The van der Waals surface area contributed by atoms with E-state index < -0.39 is 0 Å². The average molecular weight is 308 g/mol. The first-order valence-corrected chi connectivity index (χ1v) is 7.75. The second-order valence-electron chi connectivity index (χ2n) is 4.74. The van der Waals surface area contributed by atoms with Crippen molar-refractivity contribution in [2.24, 2.45) is 0 Å². The van der Waals surface area contributed by atoms with Gasteiger partial charge >= 0.3 is 0 Å². The molecule has 0 aliphatic carbocycles. The molecule has 0 amide bonds. The number of nitrogens with zero attached hydrogens (tertiary/aromatic N) is 2. The first-order valence-electron chi connectivity index (χ1n) is 6.87. The lowest BCUT2D eigenvalue weighted by Crippen LogP contribution is -1.96. The molecule has 0 fully saturated rings. The van der Waals surface area contributed by atoms with Crippen LogP contribution in [-0.2, 0) is 6.61 Å². The molecular weight excluding hydrogens is 296 g/mol. The minimum Gasteiger partial charge on any atom is -0.483 e. The summed E-state index contributed by atoms with van der Waals surface area (Å²) in [5.74, 6) is 1.82. The summed E-state index contributed by atoms with van der Waals surface area (Å²) in [6, 6.07) is 18.0. The molecule has 2 aromatic heterocycles. The van der Waals surface area contributed by atoms with E-state index in [2.05, 4.69) is 22.3 Å². The molecule has 0 spiro atoms. The van der Waals surface area contributed by atoms with E-state index in [1.54, 1.807) is 11.3 Å². The van der Waals surface area contributed by atoms with E-state index in [1.807, 2.05) is 47.8 Å². The summed E-state index contributed by atoms with van der Waals surface area (Å²) in [6.07, 6.45) is 0. The molecule has 4 nitrogen and oxygen atoms in total. The quantitative estimate of drug-likeness (QED) is 0.555. The van der Waals surface area contributed by atoms with Crippen molar-refractivity contribution in [3.63, 3.8) is 0 Å². The molecule has 2 aromatic carbocycles. The molecular formula is C17H12N2O2S. The maximum absolute atomic E-state index is 5.84. The van der Waals surface area contributed by atoms with Gasteiger partial charge < -0.3 is 9.15 Å². The van der Waals surface area contributed by atoms with Crippen molar-refractivity contribution in [2.45, 2.75) is 6.61 Å². The van der Waals surface area contributed by atoms with E-state index in [0.29, 0.717) is 11.8 Å².